The molecule has 0 atom stereocenters. The van der Waals surface area contributed by atoms with E-state index in [-0.39, 0.29) is 12.5 Å². The molecule has 1 rings (SSSR count). The average Bonchev–Trinajstić information content (AvgIpc) is 2.65. The lowest BCUT2D eigenvalue weighted by Gasteiger charge is -2.01. The summed E-state index contributed by atoms with van der Waals surface area (Å²) in [5.41, 5.74) is 1.57. The van der Waals surface area contributed by atoms with Crippen molar-refractivity contribution in [3.63, 3.8) is 0 Å². The number of aliphatic hydroxyl groups is 1. The minimum absolute atomic E-state index is 0.133. The molecular formula is C14H22ClN3O2. The second-order valence-corrected chi connectivity index (χ2v) is 5.03. The molecule has 6 heteroatoms. The van der Waals surface area contributed by atoms with E-state index >= 15 is 0 Å². The predicted octanol–water partition coefficient (Wildman–Crippen LogP) is 2.06. The second-order valence-electron chi connectivity index (χ2n) is 4.68. The Bertz CT molecular complexity index is 469. The summed E-state index contributed by atoms with van der Waals surface area (Å²) in [6.45, 7) is 2.74. The quantitative estimate of drug-likeness (QED) is 0.570. The number of carbonyl (C=O) groups excluding carboxylic acids is 1. The summed E-state index contributed by atoms with van der Waals surface area (Å²) in [6.07, 6.45) is 6.92. The van der Waals surface area contributed by atoms with Crippen LogP contribution in [-0.2, 0) is 11.8 Å². The van der Waals surface area contributed by atoms with Crippen LogP contribution in [-0.4, -0.2) is 33.9 Å². The lowest BCUT2D eigenvalue weighted by Crippen LogP contribution is -2.21. The molecule has 1 aromatic heterocycles. The van der Waals surface area contributed by atoms with Crippen molar-refractivity contribution in [1.82, 2.24) is 15.1 Å². The predicted molar refractivity (Wildman–Crippen MR) is 80.6 cm³/mol. The molecule has 0 aliphatic rings. The largest absolute Gasteiger partial charge is 0.396 e. The molecule has 1 amide bonds. The fraction of sp³-hybridized carbons (Fsp3) is 0.571. The highest BCUT2D eigenvalue weighted by atomic mass is 35.5. The SMILES string of the molecule is Cc1nn(C)c(Cl)c1/C=C/C(=O)NCCCCCCO. The molecule has 0 aliphatic carbocycles. The smallest absolute Gasteiger partial charge is 0.244 e. The van der Waals surface area contributed by atoms with Gasteiger partial charge in [0.2, 0.25) is 5.91 Å². The van der Waals surface area contributed by atoms with Crippen molar-refractivity contribution in [1.29, 1.82) is 0 Å². The molecule has 112 valence electrons. The third-order valence-corrected chi connectivity index (χ3v) is 3.43. The van der Waals surface area contributed by atoms with Crippen molar-refractivity contribution in [2.75, 3.05) is 13.2 Å². The van der Waals surface area contributed by atoms with Crippen molar-refractivity contribution < 1.29 is 9.90 Å². The normalized spacial score (nSPS) is 11.2. The lowest BCUT2D eigenvalue weighted by atomic mass is 10.2. The van der Waals surface area contributed by atoms with Gasteiger partial charge >= 0.3 is 0 Å². The van der Waals surface area contributed by atoms with Gasteiger partial charge in [-0.2, -0.15) is 5.10 Å². The van der Waals surface area contributed by atoms with Crippen molar-refractivity contribution >= 4 is 23.6 Å². The molecular weight excluding hydrogens is 278 g/mol. The summed E-state index contributed by atoms with van der Waals surface area (Å²) < 4.78 is 1.58. The molecule has 0 aliphatic heterocycles. The molecule has 1 heterocycles. The van der Waals surface area contributed by atoms with Crippen LogP contribution in [0.5, 0.6) is 0 Å². The molecule has 0 spiro atoms. The van der Waals surface area contributed by atoms with Crippen molar-refractivity contribution in [2.24, 2.45) is 7.05 Å². The van der Waals surface area contributed by atoms with Crippen LogP contribution in [0.1, 0.15) is 36.9 Å². The molecule has 0 radical (unpaired) electrons. The first-order chi connectivity index (χ1) is 9.56. The highest BCUT2D eigenvalue weighted by molar-refractivity contribution is 6.31. The van der Waals surface area contributed by atoms with Gasteiger partial charge < -0.3 is 10.4 Å². The Balaban J connectivity index is 2.33. The molecule has 5 nitrogen and oxygen atoms in total. The molecule has 1 aromatic rings. The van der Waals surface area contributed by atoms with Gasteiger partial charge in [-0.3, -0.25) is 9.48 Å². The van der Waals surface area contributed by atoms with Gasteiger partial charge in [-0.1, -0.05) is 24.4 Å². The zero-order valence-corrected chi connectivity index (χ0v) is 12.8. The van der Waals surface area contributed by atoms with Gasteiger partial charge in [-0.15, -0.1) is 0 Å². The van der Waals surface area contributed by atoms with Crippen LogP contribution in [0.3, 0.4) is 0 Å². The number of unbranched alkanes of at least 4 members (excludes halogenated alkanes) is 3. The zero-order valence-electron chi connectivity index (χ0n) is 12.0. The maximum absolute atomic E-state index is 11.6. The van der Waals surface area contributed by atoms with Crippen LogP contribution in [0, 0.1) is 6.92 Å². The number of rotatable bonds is 8. The van der Waals surface area contributed by atoms with Crippen LogP contribution in [0.4, 0.5) is 0 Å². The number of nitrogens with one attached hydrogen (secondary N) is 1. The third kappa shape index (κ3) is 5.35. The molecule has 0 saturated heterocycles. The van der Waals surface area contributed by atoms with E-state index in [1.165, 1.54) is 6.08 Å². The molecule has 2 N–H and O–H groups in total. The summed E-state index contributed by atoms with van der Waals surface area (Å²) in [6, 6.07) is 0. The molecule has 20 heavy (non-hydrogen) atoms. The van der Waals surface area contributed by atoms with Gasteiger partial charge in [-0.25, -0.2) is 0 Å². The molecule has 0 saturated carbocycles. The number of hydrogen-bond donors (Lipinski definition) is 2. The number of amides is 1. The standard InChI is InChI=1S/C14H22ClN3O2/c1-11-12(14(15)18(2)17-11)7-8-13(20)16-9-5-3-4-6-10-19/h7-8,19H,3-6,9-10H2,1-2H3,(H,16,20)/b8-7+. The van der Waals surface area contributed by atoms with E-state index in [9.17, 15) is 4.79 Å². The highest BCUT2D eigenvalue weighted by Crippen LogP contribution is 2.19. The highest BCUT2D eigenvalue weighted by Gasteiger charge is 2.08. The van der Waals surface area contributed by atoms with Crippen LogP contribution in [0.15, 0.2) is 6.08 Å². The Hall–Kier alpha value is -1.33. The van der Waals surface area contributed by atoms with Gasteiger partial charge in [0.1, 0.15) is 5.15 Å². The van der Waals surface area contributed by atoms with E-state index in [1.54, 1.807) is 17.8 Å². The number of halogens is 1. The summed E-state index contributed by atoms with van der Waals surface area (Å²) in [5.74, 6) is -0.133. The van der Waals surface area contributed by atoms with Gasteiger partial charge in [0.25, 0.3) is 0 Å². The topological polar surface area (TPSA) is 67.2 Å². The third-order valence-electron chi connectivity index (χ3n) is 2.98. The molecule has 0 unspecified atom stereocenters. The maximum atomic E-state index is 11.6. The fourth-order valence-corrected chi connectivity index (χ4v) is 2.09. The van der Waals surface area contributed by atoms with E-state index in [0.29, 0.717) is 11.7 Å². The zero-order chi connectivity index (χ0) is 15.0. The Morgan fingerprint density at radius 1 is 1.40 bits per heavy atom. The van der Waals surface area contributed by atoms with Crippen LogP contribution >= 0.6 is 11.6 Å². The van der Waals surface area contributed by atoms with Crippen molar-refractivity contribution in [2.45, 2.75) is 32.6 Å². The van der Waals surface area contributed by atoms with Gasteiger partial charge in [0, 0.05) is 31.8 Å². The Labute approximate surface area is 124 Å². The van der Waals surface area contributed by atoms with E-state index in [2.05, 4.69) is 10.4 Å². The molecule has 0 bridgehead atoms. The monoisotopic (exact) mass is 299 g/mol. The number of nitrogens with zero attached hydrogens (tertiary/aromatic N) is 2. The van der Waals surface area contributed by atoms with Crippen LogP contribution < -0.4 is 5.32 Å². The minimum Gasteiger partial charge on any atom is -0.396 e. The Kier molecular flexibility index (Phi) is 7.33. The Morgan fingerprint density at radius 3 is 2.70 bits per heavy atom. The van der Waals surface area contributed by atoms with E-state index < -0.39 is 0 Å². The van der Waals surface area contributed by atoms with Gasteiger partial charge in [-0.05, 0) is 25.8 Å². The second kappa shape index (κ2) is 8.76. The first-order valence-corrected chi connectivity index (χ1v) is 7.20. The van der Waals surface area contributed by atoms with E-state index in [1.807, 2.05) is 6.92 Å². The average molecular weight is 300 g/mol. The van der Waals surface area contributed by atoms with Crippen molar-refractivity contribution in [3.8, 4) is 0 Å². The maximum Gasteiger partial charge on any atom is 0.244 e. The number of aliphatic hydroxyl groups excluding tert-OH is 1. The minimum atomic E-state index is -0.133. The molecule has 0 aromatic carbocycles. The van der Waals surface area contributed by atoms with Gasteiger partial charge in [0.05, 0.1) is 5.69 Å². The van der Waals surface area contributed by atoms with Crippen LogP contribution in [0.25, 0.3) is 6.08 Å². The first kappa shape index (κ1) is 16.7. The number of hydrogen-bond acceptors (Lipinski definition) is 3. The number of aromatic nitrogens is 2. The lowest BCUT2D eigenvalue weighted by molar-refractivity contribution is -0.116. The Morgan fingerprint density at radius 2 is 2.10 bits per heavy atom. The first-order valence-electron chi connectivity index (χ1n) is 6.82. The number of aryl methyl sites for hydroxylation is 2. The summed E-state index contributed by atoms with van der Waals surface area (Å²) in [5, 5.41) is 16.2. The van der Waals surface area contributed by atoms with Crippen LogP contribution in [0.2, 0.25) is 5.15 Å². The summed E-state index contributed by atoms with van der Waals surface area (Å²) in [7, 11) is 1.76. The summed E-state index contributed by atoms with van der Waals surface area (Å²) >= 11 is 6.07. The van der Waals surface area contributed by atoms with Crippen molar-refractivity contribution in [3.05, 3.63) is 22.5 Å². The fourth-order valence-electron chi connectivity index (χ4n) is 1.86. The van der Waals surface area contributed by atoms with E-state index in [0.717, 1.165) is 36.9 Å². The van der Waals surface area contributed by atoms with E-state index in [4.69, 9.17) is 16.7 Å². The molecule has 0 fully saturated rings. The summed E-state index contributed by atoms with van der Waals surface area (Å²) in [4.78, 5) is 11.6. The number of carbonyl (C=O) groups is 1. The van der Waals surface area contributed by atoms with Gasteiger partial charge in [0.15, 0.2) is 0 Å².